The second kappa shape index (κ2) is 5.77. The van der Waals surface area contributed by atoms with E-state index in [4.69, 9.17) is 15.6 Å². The van der Waals surface area contributed by atoms with Crippen LogP contribution in [0.25, 0.3) is 0 Å². The molecule has 19 heavy (non-hydrogen) atoms. The van der Waals surface area contributed by atoms with Crippen molar-refractivity contribution in [2.75, 3.05) is 30.8 Å². The summed E-state index contributed by atoms with van der Waals surface area (Å²) >= 11 is 0. The lowest BCUT2D eigenvalue weighted by molar-refractivity contribution is 0.0595. The second-order valence-electron chi connectivity index (χ2n) is 4.76. The van der Waals surface area contributed by atoms with Crippen LogP contribution in [0.15, 0.2) is 23.1 Å². The lowest BCUT2D eigenvalue weighted by Gasteiger charge is -2.23. The molecule has 106 valence electrons. The number of benzene rings is 1. The minimum Gasteiger partial charge on any atom is -0.399 e. The molecular weight excluding hydrogens is 266 g/mol. The fourth-order valence-electron chi connectivity index (χ4n) is 2.14. The molecule has 0 aromatic heterocycles. The molecule has 1 aliphatic heterocycles. The number of primary sulfonamides is 1. The smallest absolute Gasteiger partial charge is 0.240 e. The molecule has 1 saturated heterocycles. The van der Waals surface area contributed by atoms with Gasteiger partial charge in [-0.25, -0.2) is 13.6 Å². The Morgan fingerprint density at radius 1 is 1.42 bits per heavy atom. The van der Waals surface area contributed by atoms with Crippen molar-refractivity contribution >= 4 is 21.4 Å². The van der Waals surface area contributed by atoms with Crippen LogP contribution in [0.5, 0.6) is 0 Å². The SMILES string of the molecule is Nc1ccc(NCC2CCCOC2)c(S(N)(=O)=O)c1. The van der Waals surface area contributed by atoms with E-state index < -0.39 is 10.0 Å². The van der Waals surface area contributed by atoms with Gasteiger partial charge in [-0.15, -0.1) is 0 Å². The highest BCUT2D eigenvalue weighted by Crippen LogP contribution is 2.24. The quantitative estimate of drug-likeness (QED) is 0.708. The van der Waals surface area contributed by atoms with Crippen LogP contribution in [0.4, 0.5) is 11.4 Å². The van der Waals surface area contributed by atoms with Crippen LogP contribution in [-0.4, -0.2) is 28.2 Å². The number of ether oxygens (including phenoxy) is 1. The van der Waals surface area contributed by atoms with E-state index in [9.17, 15) is 8.42 Å². The third-order valence-corrected chi connectivity index (χ3v) is 4.10. The second-order valence-corrected chi connectivity index (χ2v) is 6.29. The van der Waals surface area contributed by atoms with Crippen molar-refractivity contribution in [1.82, 2.24) is 0 Å². The Labute approximate surface area is 113 Å². The van der Waals surface area contributed by atoms with Crippen LogP contribution in [0.3, 0.4) is 0 Å². The van der Waals surface area contributed by atoms with Gasteiger partial charge in [0.15, 0.2) is 0 Å². The van der Waals surface area contributed by atoms with Crippen LogP contribution in [0.2, 0.25) is 0 Å². The van der Waals surface area contributed by atoms with Gasteiger partial charge in [-0.05, 0) is 37.0 Å². The van der Waals surface area contributed by atoms with E-state index in [1.54, 1.807) is 12.1 Å². The normalized spacial score (nSPS) is 20.2. The average Bonchev–Trinajstić information content (AvgIpc) is 2.37. The van der Waals surface area contributed by atoms with Crippen molar-refractivity contribution in [2.45, 2.75) is 17.7 Å². The molecule has 1 aliphatic rings. The van der Waals surface area contributed by atoms with E-state index in [-0.39, 0.29) is 4.90 Å². The summed E-state index contributed by atoms with van der Waals surface area (Å²) in [6.45, 7) is 2.17. The maximum atomic E-state index is 11.5. The van der Waals surface area contributed by atoms with Gasteiger partial charge < -0.3 is 15.8 Å². The summed E-state index contributed by atoms with van der Waals surface area (Å²) in [5.74, 6) is 0.389. The highest BCUT2D eigenvalue weighted by atomic mass is 32.2. The third kappa shape index (κ3) is 3.82. The van der Waals surface area contributed by atoms with E-state index >= 15 is 0 Å². The predicted octanol–water partition coefficient (Wildman–Crippen LogP) is 0.755. The summed E-state index contributed by atoms with van der Waals surface area (Å²) in [7, 11) is -3.78. The molecule has 1 atom stereocenters. The Morgan fingerprint density at radius 2 is 2.21 bits per heavy atom. The van der Waals surface area contributed by atoms with Gasteiger partial charge in [0.1, 0.15) is 4.90 Å². The number of sulfonamides is 1. The largest absolute Gasteiger partial charge is 0.399 e. The van der Waals surface area contributed by atoms with Gasteiger partial charge in [-0.1, -0.05) is 0 Å². The first-order valence-electron chi connectivity index (χ1n) is 6.21. The Hall–Kier alpha value is -1.31. The molecule has 7 heteroatoms. The number of hydrogen-bond donors (Lipinski definition) is 3. The molecule has 0 saturated carbocycles. The average molecular weight is 285 g/mol. The molecule has 1 aromatic rings. The first-order chi connectivity index (χ1) is 8.97. The number of hydrogen-bond acceptors (Lipinski definition) is 5. The first-order valence-corrected chi connectivity index (χ1v) is 7.75. The number of rotatable bonds is 4. The van der Waals surface area contributed by atoms with Gasteiger partial charge in [-0.2, -0.15) is 0 Å². The van der Waals surface area contributed by atoms with Gasteiger partial charge in [0.05, 0.1) is 12.3 Å². The zero-order chi connectivity index (χ0) is 13.9. The molecule has 0 spiro atoms. The maximum Gasteiger partial charge on any atom is 0.240 e. The fourth-order valence-corrected chi connectivity index (χ4v) is 2.89. The summed E-state index contributed by atoms with van der Waals surface area (Å²) < 4.78 is 28.4. The first kappa shape index (κ1) is 14.1. The van der Waals surface area contributed by atoms with Crippen LogP contribution >= 0.6 is 0 Å². The lowest BCUT2D eigenvalue weighted by Crippen LogP contribution is -2.25. The molecule has 0 amide bonds. The number of nitrogens with two attached hydrogens (primary N) is 2. The Bertz CT molecular complexity index is 539. The van der Waals surface area contributed by atoms with Crippen molar-refractivity contribution in [3.63, 3.8) is 0 Å². The molecule has 2 rings (SSSR count). The van der Waals surface area contributed by atoms with Gasteiger partial charge >= 0.3 is 0 Å². The highest BCUT2D eigenvalue weighted by molar-refractivity contribution is 7.89. The van der Waals surface area contributed by atoms with Gasteiger partial charge in [0, 0.05) is 18.8 Å². The third-order valence-electron chi connectivity index (χ3n) is 3.15. The van der Waals surface area contributed by atoms with Crippen molar-refractivity contribution < 1.29 is 13.2 Å². The molecule has 1 aromatic carbocycles. The zero-order valence-corrected chi connectivity index (χ0v) is 11.4. The van der Waals surface area contributed by atoms with Crippen LogP contribution in [0.1, 0.15) is 12.8 Å². The zero-order valence-electron chi connectivity index (χ0n) is 10.6. The van der Waals surface area contributed by atoms with E-state index in [0.29, 0.717) is 30.4 Å². The van der Waals surface area contributed by atoms with Crippen molar-refractivity contribution in [1.29, 1.82) is 0 Å². The van der Waals surface area contributed by atoms with Crippen molar-refractivity contribution in [2.24, 2.45) is 11.1 Å². The number of nitrogens with one attached hydrogen (secondary N) is 1. The molecule has 1 fully saturated rings. The molecule has 0 radical (unpaired) electrons. The minimum absolute atomic E-state index is 0.0317. The molecule has 0 aliphatic carbocycles. The van der Waals surface area contributed by atoms with E-state index in [1.165, 1.54) is 6.07 Å². The van der Waals surface area contributed by atoms with Crippen LogP contribution in [-0.2, 0) is 14.8 Å². The Kier molecular flexibility index (Phi) is 4.28. The van der Waals surface area contributed by atoms with Crippen LogP contribution < -0.4 is 16.2 Å². The van der Waals surface area contributed by atoms with Gasteiger partial charge in [0.25, 0.3) is 0 Å². The molecule has 6 nitrogen and oxygen atoms in total. The maximum absolute atomic E-state index is 11.5. The van der Waals surface area contributed by atoms with Crippen LogP contribution in [0, 0.1) is 5.92 Å². The molecule has 1 heterocycles. The summed E-state index contributed by atoms with van der Waals surface area (Å²) in [5.41, 5.74) is 6.45. The standard InChI is InChI=1S/C12H19N3O3S/c13-10-3-4-11(12(6-10)19(14,16)17)15-7-9-2-1-5-18-8-9/h3-4,6,9,15H,1-2,5,7-8,13H2,(H2,14,16,17). The Morgan fingerprint density at radius 3 is 2.84 bits per heavy atom. The molecule has 5 N–H and O–H groups in total. The predicted molar refractivity (Wildman–Crippen MR) is 74.3 cm³/mol. The Balaban J connectivity index is 2.11. The lowest BCUT2D eigenvalue weighted by atomic mass is 10.0. The summed E-state index contributed by atoms with van der Waals surface area (Å²) in [5, 5.41) is 8.31. The van der Waals surface area contributed by atoms with Crippen molar-refractivity contribution in [3.8, 4) is 0 Å². The molecular formula is C12H19N3O3S. The van der Waals surface area contributed by atoms with Crippen molar-refractivity contribution in [3.05, 3.63) is 18.2 Å². The highest BCUT2D eigenvalue weighted by Gasteiger charge is 2.17. The van der Waals surface area contributed by atoms with E-state index in [0.717, 1.165) is 19.4 Å². The van der Waals surface area contributed by atoms with E-state index in [2.05, 4.69) is 5.32 Å². The topological polar surface area (TPSA) is 107 Å². The van der Waals surface area contributed by atoms with Gasteiger partial charge in [-0.3, -0.25) is 0 Å². The van der Waals surface area contributed by atoms with Gasteiger partial charge in [0.2, 0.25) is 10.0 Å². The fraction of sp³-hybridized carbons (Fsp3) is 0.500. The number of nitrogen functional groups attached to an aromatic ring is 1. The summed E-state index contributed by atoms with van der Waals surface area (Å²) in [6, 6.07) is 4.65. The monoisotopic (exact) mass is 285 g/mol. The molecule has 1 unspecified atom stereocenters. The van der Waals surface area contributed by atoms with E-state index in [1.807, 2.05) is 0 Å². The summed E-state index contributed by atoms with van der Waals surface area (Å²) in [6.07, 6.45) is 2.11. The minimum atomic E-state index is -3.78. The molecule has 0 bridgehead atoms. The number of anilines is 2. The summed E-state index contributed by atoms with van der Waals surface area (Å²) in [4.78, 5) is 0.0317.